The molecular weight excluding hydrogens is 297 g/mol. The summed E-state index contributed by atoms with van der Waals surface area (Å²) in [5, 5.41) is 0. The molecule has 0 atom stereocenters. The van der Waals surface area contributed by atoms with Gasteiger partial charge in [0.15, 0.2) is 0 Å². The predicted molar refractivity (Wildman–Crippen MR) is 80.2 cm³/mol. The van der Waals surface area contributed by atoms with Crippen LogP contribution in [0.2, 0.25) is 0 Å². The molecule has 0 aliphatic rings. The number of rotatable bonds is 3. The van der Waals surface area contributed by atoms with Crippen molar-refractivity contribution in [2.24, 2.45) is 0 Å². The van der Waals surface area contributed by atoms with Gasteiger partial charge in [-0.25, -0.2) is 0 Å². The highest BCUT2D eigenvalue weighted by Crippen LogP contribution is 2.35. The molecule has 1 nitrogen and oxygen atoms in total. The van der Waals surface area contributed by atoms with E-state index in [2.05, 4.69) is 0 Å². The number of benzene rings is 1. The standard InChI is InChI=1S/C16H15F3OS/c1-10-8-15(21-14(10)9-11(2)20-3)12-4-6-13(7-5-12)16(17,18)19/h4-9H,1-3H3. The van der Waals surface area contributed by atoms with Gasteiger partial charge in [-0.05, 0) is 49.2 Å². The fraction of sp³-hybridized carbons (Fsp3) is 0.250. The Morgan fingerprint density at radius 1 is 1.19 bits per heavy atom. The summed E-state index contributed by atoms with van der Waals surface area (Å²) in [6.45, 7) is 3.83. The Morgan fingerprint density at radius 3 is 2.33 bits per heavy atom. The van der Waals surface area contributed by atoms with Crippen molar-refractivity contribution in [3.63, 3.8) is 0 Å². The van der Waals surface area contributed by atoms with E-state index in [0.717, 1.165) is 38.8 Å². The predicted octanol–water partition coefficient (Wildman–Crippen LogP) is 5.75. The molecule has 1 aromatic heterocycles. The second-order valence-electron chi connectivity index (χ2n) is 4.69. The summed E-state index contributed by atoms with van der Waals surface area (Å²) in [5.41, 5.74) is 1.23. The van der Waals surface area contributed by atoms with Crippen LogP contribution in [-0.4, -0.2) is 7.11 Å². The van der Waals surface area contributed by atoms with Gasteiger partial charge in [0.25, 0.3) is 0 Å². The van der Waals surface area contributed by atoms with Crippen molar-refractivity contribution in [2.75, 3.05) is 7.11 Å². The summed E-state index contributed by atoms with van der Waals surface area (Å²) in [7, 11) is 1.60. The normalized spacial score (nSPS) is 12.6. The Labute approximate surface area is 125 Å². The lowest BCUT2D eigenvalue weighted by Crippen LogP contribution is -2.03. The summed E-state index contributed by atoms with van der Waals surface area (Å²) in [6, 6.07) is 7.21. The largest absolute Gasteiger partial charge is 0.501 e. The van der Waals surface area contributed by atoms with Gasteiger partial charge in [0.05, 0.1) is 18.4 Å². The lowest BCUT2D eigenvalue weighted by atomic mass is 10.1. The number of hydrogen-bond donors (Lipinski definition) is 0. The van der Waals surface area contributed by atoms with Crippen molar-refractivity contribution >= 4 is 17.4 Å². The Morgan fingerprint density at radius 2 is 1.81 bits per heavy atom. The average Bonchev–Trinajstić information content (AvgIpc) is 2.79. The third kappa shape index (κ3) is 3.67. The van der Waals surface area contributed by atoms with E-state index in [1.807, 2.05) is 26.0 Å². The molecule has 112 valence electrons. The minimum absolute atomic E-state index is 0.630. The Kier molecular flexibility index (Phi) is 4.42. The molecule has 0 unspecified atom stereocenters. The van der Waals surface area contributed by atoms with Crippen molar-refractivity contribution < 1.29 is 17.9 Å². The monoisotopic (exact) mass is 312 g/mol. The minimum atomic E-state index is -4.30. The SMILES string of the molecule is COC(C)=Cc1sc(-c2ccc(C(F)(F)F)cc2)cc1C. The van der Waals surface area contributed by atoms with Crippen molar-refractivity contribution in [1.29, 1.82) is 0 Å². The number of thiophene rings is 1. The molecule has 5 heteroatoms. The topological polar surface area (TPSA) is 9.23 Å². The van der Waals surface area contributed by atoms with Gasteiger partial charge in [0, 0.05) is 9.75 Å². The molecular formula is C16H15F3OS. The van der Waals surface area contributed by atoms with Crippen LogP contribution in [0.1, 0.15) is 22.9 Å². The molecule has 0 spiro atoms. The number of ether oxygens (including phenoxy) is 1. The van der Waals surface area contributed by atoms with E-state index >= 15 is 0 Å². The first kappa shape index (κ1) is 15.6. The van der Waals surface area contributed by atoms with Gasteiger partial charge in [-0.1, -0.05) is 12.1 Å². The fourth-order valence-corrected chi connectivity index (χ4v) is 3.02. The van der Waals surface area contributed by atoms with Crippen LogP contribution in [0.15, 0.2) is 36.1 Å². The minimum Gasteiger partial charge on any atom is -0.501 e. The molecule has 0 saturated carbocycles. The average molecular weight is 312 g/mol. The van der Waals surface area contributed by atoms with E-state index in [1.165, 1.54) is 23.5 Å². The van der Waals surface area contributed by atoms with Crippen molar-refractivity contribution in [2.45, 2.75) is 20.0 Å². The van der Waals surface area contributed by atoms with Crippen molar-refractivity contribution in [1.82, 2.24) is 0 Å². The molecule has 2 rings (SSSR count). The van der Waals surface area contributed by atoms with Gasteiger partial charge in [-0.15, -0.1) is 11.3 Å². The zero-order valence-electron chi connectivity index (χ0n) is 11.9. The van der Waals surface area contributed by atoms with Crippen LogP contribution in [0.3, 0.4) is 0 Å². The first-order valence-electron chi connectivity index (χ1n) is 6.31. The third-order valence-electron chi connectivity index (χ3n) is 3.11. The summed E-state index contributed by atoms with van der Waals surface area (Å²) in [4.78, 5) is 1.99. The van der Waals surface area contributed by atoms with Crippen LogP contribution >= 0.6 is 11.3 Å². The number of methoxy groups -OCH3 is 1. The second-order valence-corrected chi connectivity index (χ2v) is 5.78. The summed E-state index contributed by atoms with van der Waals surface area (Å²) in [6.07, 6.45) is -2.37. The van der Waals surface area contributed by atoms with Gasteiger partial charge in [-0.2, -0.15) is 13.2 Å². The molecule has 0 fully saturated rings. The van der Waals surface area contributed by atoms with E-state index in [9.17, 15) is 13.2 Å². The van der Waals surface area contributed by atoms with Crippen LogP contribution < -0.4 is 0 Å². The quantitative estimate of drug-likeness (QED) is 0.656. The van der Waals surface area contributed by atoms with Crippen molar-refractivity contribution in [3.8, 4) is 10.4 Å². The molecule has 1 aromatic carbocycles. The van der Waals surface area contributed by atoms with Gasteiger partial charge >= 0.3 is 6.18 Å². The molecule has 0 aliphatic heterocycles. The van der Waals surface area contributed by atoms with E-state index in [-0.39, 0.29) is 0 Å². The lowest BCUT2D eigenvalue weighted by molar-refractivity contribution is -0.137. The van der Waals surface area contributed by atoms with E-state index in [4.69, 9.17) is 4.74 Å². The third-order valence-corrected chi connectivity index (χ3v) is 4.34. The maximum absolute atomic E-state index is 12.6. The number of aryl methyl sites for hydroxylation is 1. The second kappa shape index (κ2) is 5.93. The molecule has 0 aliphatic carbocycles. The molecule has 0 saturated heterocycles. The van der Waals surface area contributed by atoms with E-state index in [1.54, 1.807) is 7.11 Å². The molecule has 0 amide bonds. The molecule has 2 aromatic rings. The summed E-state index contributed by atoms with van der Waals surface area (Å²) < 4.78 is 42.8. The van der Waals surface area contributed by atoms with Crippen molar-refractivity contribution in [3.05, 3.63) is 52.1 Å². The zero-order chi connectivity index (χ0) is 15.6. The van der Waals surface area contributed by atoms with E-state index < -0.39 is 11.7 Å². The van der Waals surface area contributed by atoms with Gasteiger partial charge in [0.1, 0.15) is 0 Å². The maximum atomic E-state index is 12.6. The number of hydrogen-bond acceptors (Lipinski definition) is 2. The Hall–Kier alpha value is -1.75. The van der Waals surface area contributed by atoms with Gasteiger partial charge in [-0.3, -0.25) is 0 Å². The first-order chi connectivity index (χ1) is 9.81. The zero-order valence-corrected chi connectivity index (χ0v) is 12.7. The molecule has 21 heavy (non-hydrogen) atoms. The summed E-state index contributed by atoms with van der Waals surface area (Å²) >= 11 is 1.53. The lowest BCUT2D eigenvalue weighted by Gasteiger charge is -2.06. The fourth-order valence-electron chi connectivity index (χ4n) is 1.85. The van der Waals surface area contributed by atoms with Crippen LogP contribution in [0.4, 0.5) is 13.2 Å². The highest BCUT2D eigenvalue weighted by molar-refractivity contribution is 7.16. The molecule has 0 N–H and O–H groups in total. The number of allylic oxidation sites excluding steroid dienone is 1. The first-order valence-corrected chi connectivity index (χ1v) is 7.13. The number of alkyl halides is 3. The maximum Gasteiger partial charge on any atom is 0.416 e. The van der Waals surface area contributed by atoms with Crippen LogP contribution in [0, 0.1) is 6.92 Å². The van der Waals surface area contributed by atoms with Crippen LogP contribution in [0.5, 0.6) is 0 Å². The number of halogens is 3. The van der Waals surface area contributed by atoms with Crippen LogP contribution in [-0.2, 0) is 10.9 Å². The highest BCUT2D eigenvalue weighted by Gasteiger charge is 2.30. The Bertz CT molecular complexity index is 651. The smallest absolute Gasteiger partial charge is 0.416 e. The summed E-state index contributed by atoms with van der Waals surface area (Å²) in [5.74, 6) is 0.791. The van der Waals surface area contributed by atoms with Gasteiger partial charge in [0.2, 0.25) is 0 Å². The molecule has 1 heterocycles. The molecule has 0 radical (unpaired) electrons. The Balaban J connectivity index is 2.33. The van der Waals surface area contributed by atoms with Gasteiger partial charge < -0.3 is 4.74 Å². The highest BCUT2D eigenvalue weighted by atomic mass is 32.1. The van der Waals surface area contributed by atoms with E-state index in [0.29, 0.717) is 0 Å². The molecule has 0 bridgehead atoms. The van der Waals surface area contributed by atoms with Crippen LogP contribution in [0.25, 0.3) is 16.5 Å².